The van der Waals surface area contributed by atoms with E-state index in [1.807, 2.05) is 24.3 Å². The van der Waals surface area contributed by atoms with Gasteiger partial charge in [0.1, 0.15) is 5.75 Å². The molecule has 8 heteroatoms. The number of hydrogen-bond acceptors (Lipinski definition) is 7. The molecule has 2 N–H and O–H groups in total. The molecule has 0 aromatic heterocycles. The minimum Gasteiger partial charge on any atom is -0.507 e. The maximum absolute atomic E-state index is 12.4. The van der Waals surface area contributed by atoms with Crippen molar-refractivity contribution in [3.8, 4) is 17.2 Å². The highest BCUT2D eigenvalue weighted by Gasteiger charge is 2.12. The molecule has 0 aliphatic carbocycles. The fraction of sp³-hybridized carbons (Fsp3) is 0.0952. The predicted molar refractivity (Wildman–Crippen MR) is 107 cm³/mol. The number of phenolic OH excluding ortho intramolecular Hbond substituents is 1. The number of aromatic hydroxyl groups is 1. The van der Waals surface area contributed by atoms with Crippen molar-refractivity contribution in [2.24, 2.45) is 5.10 Å². The van der Waals surface area contributed by atoms with Gasteiger partial charge < -0.3 is 19.3 Å². The molecule has 3 aromatic rings. The maximum Gasteiger partial charge on any atom is 0.513 e. The zero-order valence-corrected chi connectivity index (χ0v) is 15.7. The second-order valence-electron chi connectivity index (χ2n) is 5.88. The van der Waals surface area contributed by atoms with Gasteiger partial charge in [-0.3, -0.25) is 4.79 Å². The Kier molecular flexibility index (Phi) is 5.94. The topological polar surface area (TPSA) is 106 Å². The minimum atomic E-state index is -0.868. The first-order valence-corrected chi connectivity index (χ1v) is 8.51. The van der Waals surface area contributed by atoms with E-state index in [0.717, 1.165) is 10.8 Å². The van der Waals surface area contributed by atoms with Crippen LogP contribution in [0.5, 0.6) is 17.2 Å². The molecule has 0 heterocycles. The van der Waals surface area contributed by atoms with Gasteiger partial charge in [0.05, 0.1) is 26.0 Å². The van der Waals surface area contributed by atoms with Gasteiger partial charge in [-0.05, 0) is 46.7 Å². The van der Waals surface area contributed by atoms with Crippen molar-refractivity contribution < 1.29 is 28.9 Å². The molecule has 0 aliphatic rings. The molecule has 29 heavy (non-hydrogen) atoms. The molecule has 0 atom stereocenters. The van der Waals surface area contributed by atoms with Gasteiger partial charge in [-0.1, -0.05) is 24.3 Å². The van der Waals surface area contributed by atoms with Crippen molar-refractivity contribution in [2.45, 2.75) is 0 Å². The van der Waals surface area contributed by atoms with Crippen molar-refractivity contribution in [1.82, 2.24) is 5.43 Å². The Bertz CT molecular complexity index is 1090. The SMILES string of the molecule is COC(=O)Oc1ccc(/C=N\NC(=O)c2cc3ccccc3cc2O)cc1OC. The average molecular weight is 394 g/mol. The number of rotatable bonds is 5. The van der Waals surface area contributed by atoms with Crippen molar-refractivity contribution in [1.29, 1.82) is 0 Å². The molecule has 0 radical (unpaired) electrons. The zero-order valence-electron chi connectivity index (χ0n) is 15.7. The number of ether oxygens (including phenoxy) is 3. The Balaban J connectivity index is 1.73. The van der Waals surface area contributed by atoms with Crippen LogP contribution in [-0.4, -0.2) is 37.6 Å². The lowest BCUT2D eigenvalue weighted by Gasteiger charge is -2.08. The molecule has 0 aliphatic heterocycles. The number of carbonyl (C=O) groups is 2. The van der Waals surface area contributed by atoms with E-state index in [1.165, 1.54) is 32.6 Å². The Labute approximate surface area is 166 Å². The smallest absolute Gasteiger partial charge is 0.507 e. The molecule has 0 spiro atoms. The van der Waals surface area contributed by atoms with Crippen LogP contribution in [0.15, 0.2) is 59.7 Å². The second-order valence-corrected chi connectivity index (χ2v) is 5.88. The number of hydrazone groups is 1. The fourth-order valence-electron chi connectivity index (χ4n) is 2.62. The van der Waals surface area contributed by atoms with Crippen molar-refractivity contribution in [2.75, 3.05) is 14.2 Å². The van der Waals surface area contributed by atoms with Crippen LogP contribution in [0.2, 0.25) is 0 Å². The van der Waals surface area contributed by atoms with E-state index in [2.05, 4.69) is 15.3 Å². The lowest BCUT2D eigenvalue weighted by Crippen LogP contribution is -2.17. The Morgan fingerprint density at radius 1 is 1.00 bits per heavy atom. The lowest BCUT2D eigenvalue weighted by molar-refractivity contribution is 0.0952. The van der Waals surface area contributed by atoms with E-state index in [-0.39, 0.29) is 22.8 Å². The molecule has 0 fully saturated rings. The highest BCUT2D eigenvalue weighted by Crippen LogP contribution is 2.28. The average Bonchev–Trinajstić information content (AvgIpc) is 2.73. The minimum absolute atomic E-state index is 0.111. The van der Waals surface area contributed by atoms with E-state index in [0.29, 0.717) is 5.56 Å². The number of hydrogen-bond donors (Lipinski definition) is 2. The number of amides is 1. The molecule has 0 unspecified atom stereocenters. The highest BCUT2D eigenvalue weighted by atomic mass is 16.7. The van der Waals surface area contributed by atoms with E-state index < -0.39 is 12.1 Å². The number of nitrogens with one attached hydrogen (secondary N) is 1. The van der Waals surface area contributed by atoms with Crippen molar-refractivity contribution >= 4 is 29.0 Å². The molecular weight excluding hydrogens is 376 g/mol. The Morgan fingerprint density at radius 2 is 1.72 bits per heavy atom. The van der Waals surface area contributed by atoms with E-state index >= 15 is 0 Å². The molecule has 148 valence electrons. The number of benzene rings is 3. The van der Waals surface area contributed by atoms with Gasteiger partial charge in [-0.15, -0.1) is 0 Å². The van der Waals surface area contributed by atoms with Crippen LogP contribution in [0.1, 0.15) is 15.9 Å². The predicted octanol–water partition coefficient (Wildman–Crippen LogP) is 3.46. The quantitative estimate of drug-likeness (QED) is 0.297. The van der Waals surface area contributed by atoms with Crippen LogP contribution >= 0.6 is 0 Å². The molecule has 1 amide bonds. The summed E-state index contributed by atoms with van der Waals surface area (Å²) < 4.78 is 14.6. The third-order valence-electron chi connectivity index (χ3n) is 4.04. The molecule has 0 bridgehead atoms. The van der Waals surface area contributed by atoms with Gasteiger partial charge in [-0.2, -0.15) is 5.10 Å². The van der Waals surface area contributed by atoms with E-state index in [9.17, 15) is 14.7 Å². The van der Waals surface area contributed by atoms with Gasteiger partial charge in [0.15, 0.2) is 11.5 Å². The van der Waals surface area contributed by atoms with Crippen LogP contribution in [0.3, 0.4) is 0 Å². The van der Waals surface area contributed by atoms with Gasteiger partial charge in [-0.25, -0.2) is 10.2 Å². The standard InChI is InChI=1S/C21H18N2O6/c1-27-19-9-13(7-8-18(19)29-21(26)28-2)12-22-23-20(25)16-10-14-5-3-4-6-15(14)11-17(16)24/h3-12,24H,1-2H3,(H,23,25)/b22-12-. The van der Waals surface area contributed by atoms with Crippen LogP contribution in [-0.2, 0) is 4.74 Å². The molecule has 0 saturated heterocycles. The summed E-state index contributed by atoms with van der Waals surface area (Å²) in [4.78, 5) is 23.6. The summed E-state index contributed by atoms with van der Waals surface area (Å²) in [6.45, 7) is 0. The maximum atomic E-state index is 12.4. The largest absolute Gasteiger partial charge is 0.513 e. The van der Waals surface area contributed by atoms with Gasteiger partial charge in [0, 0.05) is 0 Å². The second kappa shape index (κ2) is 8.75. The first kappa shape index (κ1) is 19.7. The third kappa shape index (κ3) is 4.62. The van der Waals surface area contributed by atoms with E-state index in [4.69, 9.17) is 9.47 Å². The summed E-state index contributed by atoms with van der Waals surface area (Å²) in [6.07, 6.45) is 0.521. The van der Waals surface area contributed by atoms with Gasteiger partial charge in [0.25, 0.3) is 5.91 Å². The van der Waals surface area contributed by atoms with Gasteiger partial charge in [0.2, 0.25) is 0 Å². The third-order valence-corrected chi connectivity index (χ3v) is 4.04. The van der Waals surface area contributed by atoms with Crippen LogP contribution < -0.4 is 14.9 Å². The molecule has 3 rings (SSSR count). The van der Waals surface area contributed by atoms with Crippen LogP contribution in [0.4, 0.5) is 4.79 Å². The first-order chi connectivity index (χ1) is 14.0. The van der Waals surface area contributed by atoms with E-state index in [1.54, 1.807) is 18.2 Å². The van der Waals surface area contributed by atoms with Crippen molar-refractivity contribution in [3.63, 3.8) is 0 Å². The number of fused-ring (bicyclic) bond motifs is 1. The normalized spacial score (nSPS) is 10.7. The highest BCUT2D eigenvalue weighted by molar-refractivity contribution is 6.01. The molecular formula is C21H18N2O6. The number of nitrogens with zero attached hydrogens (tertiary/aromatic N) is 1. The Morgan fingerprint density at radius 3 is 2.41 bits per heavy atom. The summed E-state index contributed by atoms with van der Waals surface area (Å²) in [5.74, 6) is -0.219. The summed E-state index contributed by atoms with van der Waals surface area (Å²) in [5.41, 5.74) is 3.07. The van der Waals surface area contributed by atoms with Gasteiger partial charge >= 0.3 is 6.16 Å². The summed E-state index contributed by atoms with van der Waals surface area (Å²) in [5, 5.41) is 15.7. The van der Waals surface area contributed by atoms with Crippen LogP contribution in [0, 0.1) is 0 Å². The molecule has 8 nitrogen and oxygen atoms in total. The number of methoxy groups -OCH3 is 2. The monoisotopic (exact) mass is 394 g/mol. The first-order valence-electron chi connectivity index (χ1n) is 8.51. The summed E-state index contributed by atoms with van der Waals surface area (Å²) in [6, 6.07) is 15.2. The summed E-state index contributed by atoms with van der Waals surface area (Å²) >= 11 is 0. The zero-order chi connectivity index (χ0) is 20.8. The summed E-state index contributed by atoms with van der Waals surface area (Å²) in [7, 11) is 2.62. The molecule has 0 saturated carbocycles. The number of phenols is 1. The van der Waals surface area contributed by atoms with Crippen molar-refractivity contribution in [3.05, 3.63) is 65.7 Å². The Hall–Kier alpha value is -4.07. The number of carbonyl (C=O) groups excluding carboxylic acids is 2. The lowest BCUT2D eigenvalue weighted by atomic mass is 10.1. The fourth-order valence-corrected chi connectivity index (χ4v) is 2.62. The molecule has 3 aromatic carbocycles. The van der Waals surface area contributed by atoms with Crippen LogP contribution in [0.25, 0.3) is 10.8 Å².